The fourth-order valence-electron chi connectivity index (χ4n) is 3.40. The van der Waals surface area contributed by atoms with Crippen molar-refractivity contribution in [3.8, 4) is 0 Å². The fraction of sp³-hybridized carbons (Fsp3) is 1.00. The Morgan fingerprint density at radius 2 is 1.32 bits per heavy atom. The first-order valence-corrected chi connectivity index (χ1v) is 16.5. The molecule has 0 aliphatic carbocycles. The molecule has 0 atom stereocenters. The van der Waals surface area contributed by atoms with Crippen LogP contribution in [0.5, 0.6) is 0 Å². The Labute approximate surface area is 149 Å². The van der Waals surface area contributed by atoms with Crippen LogP contribution in [0.4, 0.5) is 0 Å². The first-order valence-electron chi connectivity index (χ1n) is 9.92. The summed E-state index contributed by atoms with van der Waals surface area (Å²) in [7, 11) is 0. The predicted octanol–water partition coefficient (Wildman–Crippen LogP) is 5.13. The zero-order valence-corrected chi connectivity index (χ0v) is 20.0. The summed E-state index contributed by atoms with van der Waals surface area (Å²) >= 11 is -1.30. The maximum atomic E-state index is 2.68. The molecule has 0 heterocycles. The van der Waals surface area contributed by atoms with E-state index in [1.54, 1.807) is 8.35 Å². The van der Waals surface area contributed by atoms with Crippen molar-refractivity contribution in [2.45, 2.75) is 85.8 Å². The van der Waals surface area contributed by atoms with Crippen LogP contribution in [0, 0.1) is 0 Å². The summed E-state index contributed by atoms with van der Waals surface area (Å²) in [6.45, 7) is 23.0. The van der Waals surface area contributed by atoms with E-state index in [9.17, 15) is 0 Å². The number of nitrogens with zero attached hydrogens (tertiary/aromatic N) is 2. The van der Waals surface area contributed by atoms with Gasteiger partial charge in [0.1, 0.15) is 0 Å². The molecule has 2 nitrogen and oxygen atoms in total. The van der Waals surface area contributed by atoms with Crippen LogP contribution in [0.2, 0.25) is 12.0 Å². The molecule has 0 saturated carbocycles. The Balaban J connectivity index is 4.08. The minimum atomic E-state index is -1.30. The molecule has 3 heteroatoms. The second-order valence-corrected chi connectivity index (χ2v) is 18.9. The van der Waals surface area contributed by atoms with E-state index in [0.717, 1.165) is 9.72 Å². The second kappa shape index (κ2) is 14.2. The molecule has 0 aliphatic heterocycles. The monoisotopic (exact) mass is 414 g/mol. The summed E-state index contributed by atoms with van der Waals surface area (Å²) in [6, 6.07) is 0.718. The van der Waals surface area contributed by atoms with Gasteiger partial charge in [-0.2, -0.15) is 0 Å². The van der Waals surface area contributed by atoms with Gasteiger partial charge in [0.2, 0.25) is 0 Å². The number of hydrogen-bond donors (Lipinski definition) is 0. The summed E-state index contributed by atoms with van der Waals surface area (Å²) in [4.78, 5) is 5.27. The first-order chi connectivity index (χ1) is 10.5. The van der Waals surface area contributed by atoms with E-state index in [1.165, 1.54) is 52.0 Å². The van der Waals surface area contributed by atoms with Gasteiger partial charge in [0, 0.05) is 0 Å². The molecule has 0 unspecified atom stereocenters. The van der Waals surface area contributed by atoms with Crippen molar-refractivity contribution in [1.82, 2.24) is 9.80 Å². The van der Waals surface area contributed by atoms with Crippen molar-refractivity contribution in [2.24, 2.45) is 0 Å². The van der Waals surface area contributed by atoms with Crippen LogP contribution in [-0.2, 0) is 0 Å². The molecule has 0 fully saturated rings. The average Bonchev–Trinajstić information content (AvgIpc) is 2.48. The fourth-order valence-corrected chi connectivity index (χ4v) is 12.1. The van der Waals surface area contributed by atoms with Gasteiger partial charge in [0.25, 0.3) is 0 Å². The molecule has 0 N–H and O–H groups in total. The Hall–Kier alpha value is 0.790. The Bertz CT molecular complexity index is 240. The van der Waals surface area contributed by atoms with Crippen LogP contribution in [0.15, 0.2) is 0 Å². The summed E-state index contributed by atoms with van der Waals surface area (Å²) in [5.41, 5.74) is 0. The third-order valence-electron chi connectivity index (χ3n) is 5.15. The molecule has 0 radical (unpaired) electrons. The molecule has 0 bridgehead atoms. The Morgan fingerprint density at radius 3 is 1.73 bits per heavy atom. The predicted molar refractivity (Wildman–Crippen MR) is 104 cm³/mol. The van der Waals surface area contributed by atoms with Crippen molar-refractivity contribution in [3.05, 3.63) is 0 Å². The van der Waals surface area contributed by atoms with E-state index >= 15 is 0 Å². The van der Waals surface area contributed by atoms with E-state index in [4.69, 9.17) is 0 Å². The summed E-state index contributed by atoms with van der Waals surface area (Å²) in [5.74, 6) is 0. The van der Waals surface area contributed by atoms with E-state index in [2.05, 4.69) is 58.3 Å². The van der Waals surface area contributed by atoms with Gasteiger partial charge >= 0.3 is 150 Å². The molecular weight excluding hydrogens is 371 g/mol. The molecule has 0 spiro atoms. The van der Waals surface area contributed by atoms with Gasteiger partial charge in [-0.3, -0.25) is 0 Å². The summed E-state index contributed by atoms with van der Waals surface area (Å²) in [6.07, 6.45) is 4.21. The van der Waals surface area contributed by atoms with Gasteiger partial charge in [0.15, 0.2) is 0 Å². The van der Waals surface area contributed by atoms with Crippen LogP contribution in [0.1, 0.15) is 67.7 Å². The normalized spacial score (nSPS) is 12.1. The SMILES string of the molecule is CCCN(CC[CH2][In]([CH2]CCN(CC)CC)[CH](C)C)C(C)C. The topological polar surface area (TPSA) is 6.48 Å². The molecule has 0 saturated heterocycles. The van der Waals surface area contributed by atoms with E-state index in [1.807, 2.05) is 0 Å². The van der Waals surface area contributed by atoms with Crippen LogP contribution >= 0.6 is 0 Å². The molecule has 0 aromatic heterocycles. The molecule has 22 heavy (non-hydrogen) atoms. The maximum absolute atomic E-state index is 2.68. The number of hydrogen-bond acceptors (Lipinski definition) is 2. The van der Waals surface area contributed by atoms with Crippen molar-refractivity contribution in [3.63, 3.8) is 0 Å². The van der Waals surface area contributed by atoms with Gasteiger partial charge in [-0.1, -0.05) is 0 Å². The third-order valence-corrected chi connectivity index (χ3v) is 17.1. The molecule has 0 rings (SSSR count). The van der Waals surface area contributed by atoms with Gasteiger partial charge in [-0.25, -0.2) is 0 Å². The van der Waals surface area contributed by atoms with Crippen molar-refractivity contribution in [1.29, 1.82) is 0 Å². The van der Waals surface area contributed by atoms with Gasteiger partial charge in [-0.15, -0.1) is 0 Å². The standard InChI is InChI=1S/C9H20N.C7H16N.C3H7.In/c1-5-7-10(8-6-2)9(3)4;1-4-7-8(5-2)6-3;1-3-2;/h9H,1,5-8H2,2-4H3;1,4-7H2,2-3H3;3H,1-2H3;. The van der Waals surface area contributed by atoms with E-state index in [-0.39, 0.29) is 0 Å². The zero-order chi connectivity index (χ0) is 17.0. The molecule has 132 valence electrons. The number of rotatable bonds is 14. The van der Waals surface area contributed by atoms with Crippen LogP contribution in [0.25, 0.3) is 0 Å². The Morgan fingerprint density at radius 1 is 0.773 bits per heavy atom. The molecular formula is C19H43InN2. The minimum absolute atomic E-state index is 0.718. The van der Waals surface area contributed by atoms with Gasteiger partial charge in [-0.05, 0) is 0 Å². The van der Waals surface area contributed by atoms with Crippen LogP contribution in [0.3, 0.4) is 0 Å². The molecule has 0 aromatic rings. The van der Waals surface area contributed by atoms with Crippen molar-refractivity contribution < 1.29 is 0 Å². The summed E-state index contributed by atoms with van der Waals surface area (Å²) < 4.78 is 4.27. The quantitative estimate of drug-likeness (QED) is 0.389. The average molecular weight is 414 g/mol. The first kappa shape index (κ1) is 22.8. The summed E-state index contributed by atoms with van der Waals surface area (Å²) in [5, 5.41) is 0. The van der Waals surface area contributed by atoms with Crippen LogP contribution in [-0.4, -0.2) is 70.0 Å². The molecule has 0 amide bonds. The van der Waals surface area contributed by atoms with Crippen molar-refractivity contribution in [2.75, 3.05) is 32.7 Å². The van der Waals surface area contributed by atoms with E-state index in [0.29, 0.717) is 0 Å². The van der Waals surface area contributed by atoms with Crippen molar-refractivity contribution >= 4 is 21.4 Å². The third kappa shape index (κ3) is 10.5. The van der Waals surface area contributed by atoms with Gasteiger partial charge in [0.05, 0.1) is 0 Å². The second-order valence-electron chi connectivity index (χ2n) is 7.45. The van der Waals surface area contributed by atoms with Crippen LogP contribution < -0.4 is 0 Å². The van der Waals surface area contributed by atoms with E-state index < -0.39 is 21.4 Å². The molecule has 0 aliphatic rings. The molecule has 0 aromatic carbocycles. The Kier molecular flexibility index (Phi) is 14.7. The van der Waals surface area contributed by atoms with Gasteiger partial charge < -0.3 is 0 Å². The zero-order valence-electron chi connectivity index (χ0n) is 16.7.